The van der Waals surface area contributed by atoms with E-state index in [1.807, 2.05) is 24.3 Å². The molecule has 6 heteroatoms. The molecule has 2 aromatic heterocycles. The van der Waals surface area contributed by atoms with Gasteiger partial charge >= 0.3 is 0 Å². The zero-order chi connectivity index (χ0) is 16.8. The highest BCUT2D eigenvalue weighted by Crippen LogP contribution is 2.37. The molecule has 0 saturated carbocycles. The maximum Gasteiger partial charge on any atom is 0.150 e. The van der Waals surface area contributed by atoms with E-state index in [0.29, 0.717) is 12.1 Å². The first-order valence-corrected chi connectivity index (χ1v) is 8.89. The van der Waals surface area contributed by atoms with Gasteiger partial charge in [0.2, 0.25) is 0 Å². The van der Waals surface area contributed by atoms with Crippen molar-refractivity contribution in [2.45, 2.75) is 12.3 Å². The minimum absolute atomic E-state index is 0.157. The quantitative estimate of drug-likeness (QED) is 0.577. The van der Waals surface area contributed by atoms with Gasteiger partial charge in [0.05, 0.1) is 17.5 Å². The lowest BCUT2D eigenvalue weighted by molar-refractivity contribution is 0.262. The van der Waals surface area contributed by atoms with Gasteiger partial charge in [-0.25, -0.2) is 9.37 Å². The Balaban J connectivity index is 1.54. The number of hydrogen-bond donors (Lipinski definition) is 1. The molecule has 1 aliphatic heterocycles. The fourth-order valence-corrected chi connectivity index (χ4v) is 4.35. The number of nitrogens with zero attached hydrogens (tertiary/aromatic N) is 2. The van der Waals surface area contributed by atoms with Crippen LogP contribution >= 0.6 is 11.3 Å². The molecule has 1 unspecified atom stereocenters. The summed E-state index contributed by atoms with van der Waals surface area (Å²) >= 11 is 1.54. The molecule has 0 saturated heterocycles. The Morgan fingerprint density at radius 1 is 1.20 bits per heavy atom. The predicted molar refractivity (Wildman–Crippen MR) is 95.5 cm³/mol. The van der Waals surface area contributed by atoms with Gasteiger partial charge in [0.25, 0.3) is 0 Å². The Labute approximate surface area is 147 Å². The van der Waals surface area contributed by atoms with Crippen LogP contribution in [-0.2, 0) is 6.42 Å². The van der Waals surface area contributed by atoms with Crippen molar-refractivity contribution in [3.63, 3.8) is 0 Å². The molecular formula is C19H14FN3OS. The van der Waals surface area contributed by atoms with Crippen molar-refractivity contribution in [2.75, 3.05) is 6.61 Å². The number of halogens is 1. The van der Waals surface area contributed by atoms with Crippen molar-refractivity contribution < 1.29 is 9.13 Å². The van der Waals surface area contributed by atoms with E-state index in [0.717, 1.165) is 33.0 Å². The van der Waals surface area contributed by atoms with E-state index < -0.39 is 0 Å². The van der Waals surface area contributed by atoms with Crippen LogP contribution in [0.15, 0.2) is 48.8 Å². The molecule has 25 heavy (non-hydrogen) atoms. The molecule has 0 fully saturated rings. The standard InChI is InChI=1S/C19H14FN3OS/c20-15-6-12(14-8-21-22-9-14)7-17-18(15)23-19(25-17)13-5-11-3-1-2-4-16(11)24-10-13/h1-4,6-9,13H,5,10H2,(H,21,22). The molecule has 2 aromatic carbocycles. The molecule has 5 rings (SSSR count). The minimum Gasteiger partial charge on any atom is -0.493 e. The molecule has 0 radical (unpaired) electrons. The van der Waals surface area contributed by atoms with Crippen LogP contribution in [-0.4, -0.2) is 21.8 Å². The van der Waals surface area contributed by atoms with Crippen LogP contribution in [0, 0.1) is 5.82 Å². The second kappa shape index (κ2) is 5.67. The van der Waals surface area contributed by atoms with E-state index in [1.165, 1.54) is 11.6 Å². The van der Waals surface area contributed by atoms with Crippen LogP contribution in [0.25, 0.3) is 21.3 Å². The number of thiazole rings is 1. The second-order valence-corrected chi connectivity index (χ2v) is 7.23. The average molecular weight is 351 g/mol. The van der Waals surface area contributed by atoms with Crippen molar-refractivity contribution >= 4 is 21.6 Å². The number of H-pyrrole nitrogens is 1. The Kier molecular flexibility index (Phi) is 3.31. The van der Waals surface area contributed by atoms with Gasteiger partial charge in [0.15, 0.2) is 5.82 Å². The summed E-state index contributed by atoms with van der Waals surface area (Å²) < 4.78 is 21.3. The van der Waals surface area contributed by atoms with Gasteiger partial charge in [-0.15, -0.1) is 11.3 Å². The number of ether oxygens (including phenoxy) is 1. The summed E-state index contributed by atoms with van der Waals surface area (Å²) in [6.07, 6.45) is 4.31. The maximum absolute atomic E-state index is 14.5. The lowest BCUT2D eigenvalue weighted by Gasteiger charge is -2.23. The summed E-state index contributed by atoms with van der Waals surface area (Å²) in [7, 11) is 0. The van der Waals surface area contributed by atoms with E-state index in [2.05, 4.69) is 21.2 Å². The maximum atomic E-state index is 14.5. The molecule has 0 aliphatic carbocycles. The van der Waals surface area contributed by atoms with E-state index in [4.69, 9.17) is 4.74 Å². The monoisotopic (exact) mass is 351 g/mol. The van der Waals surface area contributed by atoms with Gasteiger partial charge in [0.1, 0.15) is 16.3 Å². The minimum atomic E-state index is -0.298. The topological polar surface area (TPSA) is 50.8 Å². The summed E-state index contributed by atoms with van der Waals surface area (Å²) in [5.41, 5.74) is 3.29. The first-order chi connectivity index (χ1) is 12.3. The van der Waals surface area contributed by atoms with Crippen LogP contribution in [0.3, 0.4) is 0 Å². The van der Waals surface area contributed by atoms with Crippen molar-refractivity contribution in [3.05, 3.63) is 65.2 Å². The molecule has 0 amide bonds. The van der Waals surface area contributed by atoms with Gasteiger partial charge in [-0.05, 0) is 35.7 Å². The molecular weight excluding hydrogens is 337 g/mol. The summed E-state index contributed by atoms with van der Waals surface area (Å²) in [5, 5.41) is 7.62. The SMILES string of the molecule is Fc1cc(-c2cn[nH]c2)cc2sc(C3COc4ccccc4C3)nc12. The number of hydrogen-bond acceptors (Lipinski definition) is 4. The van der Waals surface area contributed by atoms with Gasteiger partial charge in [-0.1, -0.05) is 18.2 Å². The van der Waals surface area contributed by atoms with Crippen molar-refractivity contribution in [1.82, 2.24) is 15.2 Å². The van der Waals surface area contributed by atoms with E-state index >= 15 is 0 Å². The highest BCUT2D eigenvalue weighted by atomic mass is 32.1. The molecule has 0 spiro atoms. The smallest absolute Gasteiger partial charge is 0.150 e. The molecule has 3 heterocycles. The fraction of sp³-hybridized carbons (Fsp3) is 0.158. The van der Waals surface area contributed by atoms with Crippen molar-refractivity contribution in [2.24, 2.45) is 0 Å². The third-order valence-electron chi connectivity index (χ3n) is 4.52. The summed E-state index contributed by atoms with van der Waals surface area (Å²) in [6.45, 7) is 0.576. The molecule has 1 N–H and O–H groups in total. The number of para-hydroxylation sites is 1. The Morgan fingerprint density at radius 2 is 2.12 bits per heavy atom. The van der Waals surface area contributed by atoms with Crippen LogP contribution in [0.2, 0.25) is 0 Å². The first-order valence-electron chi connectivity index (χ1n) is 8.08. The number of rotatable bonds is 2. The highest BCUT2D eigenvalue weighted by molar-refractivity contribution is 7.18. The van der Waals surface area contributed by atoms with Gasteiger partial charge in [-0.2, -0.15) is 5.10 Å². The first kappa shape index (κ1) is 14.6. The van der Waals surface area contributed by atoms with Gasteiger partial charge in [0, 0.05) is 17.7 Å². The summed E-state index contributed by atoms with van der Waals surface area (Å²) in [4.78, 5) is 4.57. The molecule has 1 atom stereocenters. The number of aromatic nitrogens is 3. The number of fused-ring (bicyclic) bond motifs is 2. The summed E-state index contributed by atoms with van der Waals surface area (Å²) in [5.74, 6) is 0.797. The lowest BCUT2D eigenvalue weighted by atomic mass is 9.97. The van der Waals surface area contributed by atoms with Gasteiger partial charge < -0.3 is 4.74 Å². The zero-order valence-corrected chi connectivity index (χ0v) is 14.0. The molecule has 0 bridgehead atoms. The number of benzene rings is 2. The molecule has 124 valence electrons. The highest BCUT2D eigenvalue weighted by Gasteiger charge is 2.25. The molecule has 4 nitrogen and oxygen atoms in total. The predicted octanol–water partition coefficient (Wildman–Crippen LogP) is 4.54. The third-order valence-corrected chi connectivity index (χ3v) is 5.69. The van der Waals surface area contributed by atoms with E-state index in [-0.39, 0.29) is 11.7 Å². The average Bonchev–Trinajstić information content (AvgIpc) is 3.31. The normalized spacial score (nSPS) is 16.6. The second-order valence-electron chi connectivity index (χ2n) is 6.16. The van der Waals surface area contributed by atoms with E-state index in [9.17, 15) is 4.39 Å². The summed E-state index contributed by atoms with van der Waals surface area (Å²) in [6, 6.07) is 11.5. The largest absolute Gasteiger partial charge is 0.493 e. The fourth-order valence-electron chi connectivity index (χ4n) is 3.24. The molecule has 4 aromatic rings. The zero-order valence-electron chi connectivity index (χ0n) is 13.2. The van der Waals surface area contributed by atoms with Crippen molar-refractivity contribution in [3.8, 4) is 16.9 Å². The van der Waals surface area contributed by atoms with E-state index in [1.54, 1.807) is 23.7 Å². The van der Waals surface area contributed by atoms with Crippen molar-refractivity contribution in [1.29, 1.82) is 0 Å². The Morgan fingerprint density at radius 3 is 3.00 bits per heavy atom. The number of nitrogens with one attached hydrogen (secondary N) is 1. The van der Waals surface area contributed by atoms with Crippen LogP contribution < -0.4 is 4.74 Å². The Bertz CT molecular complexity index is 1060. The van der Waals surface area contributed by atoms with Crippen LogP contribution in [0.4, 0.5) is 4.39 Å². The van der Waals surface area contributed by atoms with Crippen LogP contribution in [0.1, 0.15) is 16.5 Å². The Hall–Kier alpha value is -2.73. The van der Waals surface area contributed by atoms with Gasteiger partial charge in [-0.3, -0.25) is 5.10 Å². The third kappa shape index (κ3) is 2.49. The lowest BCUT2D eigenvalue weighted by Crippen LogP contribution is -2.18. The van der Waals surface area contributed by atoms with Crippen LogP contribution in [0.5, 0.6) is 5.75 Å². The molecule has 1 aliphatic rings. The number of aromatic amines is 1.